The topological polar surface area (TPSA) is 48.4 Å². The number of nitrogens with one attached hydrogen (secondary N) is 1. The van der Waals surface area contributed by atoms with Crippen molar-refractivity contribution in [2.45, 2.75) is 39.8 Å². The fourth-order valence-electron chi connectivity index (χ4n) is 1.89. The monoisotopic (exact) mass is 265 g/mol. The van der Waals surface area contributed by atoms with Crippen LogP contribution in [0.2, 0.25) is 0 Å². The Morgan fingerprint density at radius 1 is 1.37 bits per heavy atom. The van der Waals surface area contributed by atoms with E-state index >= 15 is 0 Å². The number of nitrogens with zero attached hydrogens (tertiary/aromatic N) is 2. The molecule has 0 radical (unpaired) electrons. The zero-order valence-electron chi connectivity index (χ0n) is 12.6. The van der Waals surface area contributed by atoms with Crippen LogP contribution in [-0.2, 0) is 6.54 Å². The van der Waals surface area contributed by atoms with E-state index in [1.807, 2.05) is 26.2 Å². The van der Waals surface area contributed by atoms with E-state index in [0.717, 1.165) is 31.9 Å². The molecule has 108 valence electrons. The zero-order valence-corrected chi connectivity index (χ0v) is 12.6. The number of aliphatic hydroxyl groups excluding tert-OH is 1. The fraction of sp³-hybridized carbons (Fsp3) is 0.667. The highest BCUT2D eigenvalue weighted by atomic mass is 16.3. The summed E-state index contributed by atoms with van der Waals surface area (Å²) in [5.74, 6) is 1.65. The van der Waals surface area contributed by atoms with E-state index in [4.69, 9.17) is 0 Å². The molecule has 0 aromatic carbocycles. The third-order valence-electron chi connectivity index (χ3n) is 2.98. The van der Waals surface area contributed by atoms with Crippen LogP contribution in [0.1, 0.15) is 32.8 Å². The first-order valence-corrected chi connectivity index (χ1v) is 7.04. The molecule has 1 rings (SSSR count). The first-order chi connectivity index (χ1) is 9.00. The number of aliphatic hydroxyl groups is 1. The van der Waals surface area contributed by atoms with Crippen molar-refractivity contribution in [3.05, 3.63) is 23.9 Å². The van der Waals surface area contributed by atoms with Crippen LogP contribution in [0.25, 0.3) is 0 Å². The Kier molecular flexibility index (Phi) is 6.81. The molecule has 0 spiro atoms. The molecule has 0 aliphatic rings. The second kappa shape index (κ2) is 8.12. The van der Waals surface area contributed by atoms with Crippen molar-refractivity contribution in [1.29, 1.82) is 0 Å². The third-order valence-corrected chi connectivity index (χ3v) is 2.98. The molecule has 0 bridgehead atoms. The van der Waals surface area contributed by atoms with Gasteiger partial charge in [-0.15, -0.1) is 0 Å². The lowest BCUT2D eigenvalue weighted by Crippen LogP contribution is -2.26. The average Bonchev–Trinajstić information content (AvgIpc) is 2.36. The number of anilines is 1. The van der Waals surface area contributed by atoms with Crippen LogP contribution in [-0.4, -0.2) is 36.3 Å². The first-order valence-electron chi connectivity index (χ1n) is 7.04. The molecule has 1 unspecified atom stereocenters. The van der Waals surface area contributed by atoms with Gasteiger partial charge >= 0.3 is 0 Å². The van der Waals surface area contributed by atoms with Crippen molar-refractivity contribution in [3.8, 4) is 0 Å². The van der Waals surface area contributed by atoms with E-state index in [0.29, 0.717) is 5.92 Å². The first kappa shape index (κ1) is 15.9. The van der Waals surface area contributed by atoms with E-state index in [-0.39, 0.29) is 6.10 Å². The minimum atomic E-state index is -0.270. The zero-order chi connectivity index (χ0) is 14.3. The molecule has 0 saturated heterocycles. The third kappa shape index (κ3) is 6.03. The van der Waals surface area contributed by atoms with Crippen molar-refractivity contribution in [2.24, 2.45) is 5.92 Å². The molecule has 0 amide bonds. The molecule has 2 N–H and O–H groups in total. The van der Waals surface area contributed by atoms with Crippen LogP contribution < -0.4 is 10.2 Å². The van der Waals surface area contributed by atoms with Crippen molar-refractivity contribution in [2.75, 3.05) is 25.0 Å². The van der Waals surface area contributed by atoms with Crippen LogP contribution in [0.4, 0.5) is 5.82 Å². The molecule has 19 heavy (non-hydrogen) atoms. The van der Waals surface area contributed by atoms with E-state index in [9.17, 15) is 5.11 Å². The number of pyridine rings is 1. The highest BCUT2D eigenvalue weighted by Gasteiger charge is 2.09. The standard InChI is InChI=1S/C15H27N3O/c1-12(2)10-16-11-14-6-5-8-17-15(14)18(4)9-7-13(3)19/h5-6,8,12-13,16,19H,7,9-11H2,1-4H3. The molecule has 4 nitrogen and oxygen atoms in total. The Morgan fingerprint density at radius 2 is 2.11 bits per heavy atom. The fourth-order valence-corrected chi connectivity index (χ4v) is 1.89. The van der Waals surface area contributed by atoms with Gasteiger partial charge in [-0.1, -0.05) is 19.9 Å². The summed E-state index contributed by atoms with van der Waals surface area (Å²) >= 11 is 0. The lowest BCUT2D eigenvalue weighted by atomic mass is 10.2. The quantitative estimate of drug-likeness (QED) is 0.755. The molecule has 0 fully saturated rings. The smallest absolute Gasteiger partial charge is 0.132 e. The maximum Gasteiger partial charge on any atom is 0.132 e. The summed E-state index contributed by atoms with van der Waals surface area (Å²) in [5, 5.41) is 12.8. The van der Waals surface area contributed by atoms with Crippen molar-refractivity contribution in [3.63, 3.8) is 0 Å². The second-order valence-corrected chi connectivity index (χ2v) is 5.57. The largest absolute Gasteiger partial charge is 0.393 e. The summed E-state index contributed by atoms with van der Waals surface area (Å²) in [6.07, 6.45) is 2.31. The second-order valence-electron chi connectivity index (χ2n) is 5.57. The van der Waals surface area contributed by atoms with Gasteiger partial charge in [0.25, 0.3) is 0 Å². The van der Waals surface area contributed by atoms with Crippen molar-refractivity contribution in [1.82, 2.24) is 10.3 Å². The Hall–Kier alpha value is -1.13. The summed E-state index contributed by atoms with van der Waals surface area (Å²) in [5.41, 5.74) is 1.20. The predicted molar refractivity (Wildman–Crippen MR) is 80.3 cm³/mol. The van der Waals surface area contributed by atoms with Crippen molar-refractivity contribution < 1.29 is 5.11 Å². The van der Waals surface area contributed by atoms with Gasteiger partial charge in [-0.3, -0.25) is 0 Å². The molecular formula is C15H27N3O. The maximum absolute atomic E-state index is 9.36. The molecule has 0 aliphatic carbocycles. The number of aromatic nitrogens is 1. The van der Waals surface area contributed by atoms with Gasteiger partial charge in [0.1, 0.15) is 5.82 Å². The molecule has 1 atom stereocenters. The molecule has 0 saturated carbocycles. The number of rotatable bonds is 8. The van der Waals surface area contributed by atoms with Crippen LogP contribution >= 0.6 is 0 Å². The van der Waals surface area contributed by atoms with Crippen LogP contribution in [0.5, 0.6) is 0 Å². The Bertz CT molecular complexity index is 366. The highest BCUT2D eigenvalue weighted by molar-refractivity contribution is 5.45. The number of hydrogen-bond donors (Lipinski definition) is 2. The van der Waals surface area contributed by atoms with Gasteiger partial charge in [-0.25, -0.2) is 4.98 Å². The molecular weight excluding hydrogens is 238 g/mol. The van der Waals surface area contributed by atoms with Gasteiger partial charge in [0.05, 0.1) is 6.10 Å². The van der Waals surface area contributed by atoms with Gasteiger partial charge in [-0.05, 0) is 31.9 Å². The summed E-state index contributed by atoms with van der Waals surface area (Å²) in [6, 6.07) is 4.08. The van der Waals surface area contributed by atoms with E-state index in [2.05, 4.69) is 35.1 Å². The predicted octanol–water partition coefficient (Wildman–Crippen LogP) is 2.03. The maximum atomic E-state index is 9.36. The average molecular weight is 265 g/mol. The van der Waals surface area contributed by atoms with Gasteiger partial charge in [-0.2, -0.15) is 0 Å². The molecule has 1 aromatic rings. The normalized spacial score (nSPS) is 12.7. The Labute approximate surface area is 116 Å². The summed E-state index contributed by atoms with van der Waals surface area (Å²) in [7, 11) is 2.02. The minimum absolute atomic E-state index is 0.270. The number of hydrogen-bond acceptors (Lipinski definition) is 4. The van der Waals surface area contributed by atoms with Crippen LogP contribution in [0.3, 0.4) is 0 Å². The summed E-state index contributed by atoms with van der Waals surface area (Å²) < 4.78 is 0. The molecule has 1 heterocycles. The Balaban J connectivity index is 2.61. The highest BCUT2D eigenvalue weighted by Crippen LogP contribution is 2.16. The van der Waals surface area contributed by atoms with E-state index in [1.54, 1.807) is 0 Å². The SMILES string of the molecule is CC(C)CNCc1cccnc1N(C)CCC(C)O. The van der Waals surface area contributed by atoms with Crippen molar-refractivity contribution >= 4 is 5.82 Å². The molecule has 4 heteroatoms. The molecule has 0 aliphatic heterocycles. The van der Waals surface area contributed by atoms with Gasteiger partial charge < -0.3 is 15.3 Å². The lowest BCUT2D eigenvalue weighted by molar-refractivity contribution is 0.187. The van der Waals surface area contributed by atoms with Gasteiger partial charge in [0, 0.05) is 31.9 Å². The minimum Gasteiger partial charge on any atom is -0.393 e. The molecule has 1 aromatic heterocycles. The van der Waals surface area contributed by atoms with Gasteiger partial charge in [0.15, 0.2) is 0 Å². The summed E-state index contributed by atoms with van der Waals surface area (Å²) in [4.78, 5) is 6.57. The van der Waals surface area contributed by atoms with Crippen LogP contribution in [0.15, 0.2) is 18.3 Å². The van der Waals surface area contributed by atoms with Crippen LogP contribution in [0, 0.1) is 5.92 Å². The van der Waals surface area contributed by atoms with E-state index < -0.39 is 0 Å². The van der Waals surface area contributed by atoms with E-state index in [1.165, 1.54) is 5.56 Å². The van der Waals surface area contributed by atoms with Gasteiger partial charge in [0.2, 0.25) is 0 Å². The lowest BCUT2D eigenvalue weighted by Gasteiger charge is -2.22. The Morgan fingerprint density at radius 3 is 2.74 bits per heavy atom. The summed E-state index contributed by atoms with van der Waals surface area (Å²) in [6.45, 7) is 8.87.